The standard InChI is InChI=1S/C16H21IN2O/c17-14-7-2-1-6-13(14)16(20)19-10-4-5-12(11-19)15-8-3-9-18-15/h1-2,6-7,12,15,18H,3-5,8-11H2. The van der Waals surface area contributed by atoms with E-state index >= 15 is 0 Å². The summed E-state index contributed by atoms with van der Waals surface area (Å²) in [6.07, 6.45) is 4.95. The Morgan fingerprint density at radius 2 is 2.10 bits per heavy atom. The molecule has 4 heteroatoms. The van der Waals surface area contributed by atoms with E-state index in [1.807, 2.05) is 24.3 Å². The van der Waals surface area contributed by atoms with Gasteiger partial charge < -0.3 is 10.2 Å². The molecule has 1 aromatic carbocycles. The Morgan fingerprint density at radius 3 is 2.85 bits per heavy atom. The predicted octanol–water partition coefficient (Wildman–Crippen LogP) is 2.90. The van der Waals surface area contributed by atoms with Gasteiger partial charge in [-0.3, -0.25) is 4.79 Å². The Bertz CT molecular complexity index is 485. The minimum absolute atomic E-state index is 0.206. The van der Waals surface area contributed by atoms with E-state index in [-0.39, 0.29) is 5.91 Å². The predicted molar refractivity (Wildman–Crippen MR) is 88.8 cm³/mol. The van der Waals surface area contributed by atoms with Gasteiger partial charge in [0.15, 0.2) is 0 Å². The summed E-state index contributed by atoms with van der Waals surface area (Å²) in [7, 11) is 0. The van der Waals surface area contributed by atoms with E-state index in [2.05, 4.69) is 32.8 Å². The summed E-state index contributed by atoms with van der Waals surface area (Å²) >= 11 is 2.26. The smallest absolute Gasteiger partial charge is 0.254 e. The van der Waals surface area contributed by atoms with Crippen LogP contribution in [-0.4, -0.2) is 36.5 Å². The highest BCUT2D eigenvalue weighted by atomic mass is 127. The number of nitrogens with zero attached hydrogens (tertiary/aromatic N) is 1. The molecule has 1 aromatic rings. The van der Waals surface area contributed by atoms with Crippen LogP contribution in [0.25, 0.3) is 0 Å². The van der Waals surface area contributed by atoms with Crippen molar-refractivity contribution in [1.82, 2.24) is 10.2 Å². The van der Waals surface area contributed by atoms with Crippen molar-refractivity contribution in [3.63, 3.8) is 0 Å². The van der Waals surface area contributed by atoms with Gasteiger partial charge in [0, 0.05) is 22.7 Å². The van der Waals surface area contributed by atoms with E-state index in [1.165, 1.54) is 19.3 Å². The lowest BCUT2D eigenvalue weighted by molar-refractivity contribution is 0.0650. The summed E-state index contributed by atoms with van der Waals surface area (Å²) in [5.74, 6) is 0.842. The van der Waals surface area contributed by atoms with Crippen molar-refractivity contribution < 1.29 is 4.79 Å². The minimum atomic E-state index is 0.206. The molecule has 2 saturated heterocycles. The van der Waals surface area contributed by atoms with Crippen molar-refractivity contribution in [1.29, 1.82) is 0 Å². The molecular weight excluding hydrogens is 363 g/mol. The van der Waals surface area contributed by atoms with Crippen molar-refractivity contribution in [2.45, 2.75) is 31.7 Å². The normalized spacial score (nSPS) is 26.8. The summed E-state index contributed by atoms with van der Waals surface area (Å²) in [6, 6.07) is 8.52. The maximum absolute atomic E-state index is 12.7. The molecule has 2 fully saturated rings. The molecule has 2 unspecified atom stereocenters. The van der Waals surface area contributed by atoms with E-state index in [0.29, 0.717) is 12.0 Å². The van der Waals surface area contributed by atoms with Gasteiger partial charge in [0.2, 0.25) is 0 Å². The van der Waals surface area contributed by atoms with Gasteiger partial charge in [0.05, 0.1) is 5.56 Å². The molecule has 1 amide bonds. The van der Waals surface area contributed by atoms with Crippen LogP contribution >= 0.6 is 22.6 Å². The van der Waals surface area contributed by atoms with Gasteiger partial charge in [-0.25, -0.2) is 0 Å². The van der Waals surface area contributed by atoms with Crippen molar-refractivity contribution in [2.24, 2.45) is 5.92 Å². The van der Waals surface area contributed by atoms with E-state index in [4.69, 9.17) is 0 Å². The molecule has 2 aliphatic rings. The van der Waals surface area contributed by atoms with Gasteiger partial charge in [-0.15, -0.1) is 0 Å². The SMILES string of the molecule is O=C(c1ccccc1I)N1CCCC(C2CCCN2)C1. The van der Waals surface area contributed by atoms with Crippen LogP contribution in [0.5, 0.6) is 0 Å². The molecule has 0 radical (unpaired) electrons. The molecule has 0 spiro atoms. The van der Waals surface area contributed by atoms with Crippen LogP contribution in [0.3, 0.4) is 0 Å². The van der Waals surface area contributed by atoms with E-state index < -0.39 is 0 Å². The van der Waals surface area contributed by atoms with Crippen LogP contribution in [0.15, 0.2) is 24.3 Å². The lowest BCUT2D eigenvalue weighted by Gasteiger charge is -2.36. The van der Waals surface area contributed by atoms with E-state index in [1.54, 1.807) is 0 Å². The first kappa shape index (κ1) is 14.3. The second-order valence-corrected chi connectivity index (χ2v) is 7.00. The van der Waals surface area contributed by atoms with Gasteiger partial charge in [0.1, 0.15) is 0 Å². The number of likely N-dealkylation sites (tertiary alicyclic amines) is 1. The monoisotopic (exact) mass is 384 g/mol. The van der Waals surface area contributed by atoms with Crippen LogP contribution in [0.1, 0.15) is 36.0 Å². The zero-order chi connectivity index (χ0) is 13.9. The molecule has 3 rings (SSSR count). The molecular formula is C16H21IN2O. The van der Waals surface area contributed by atoms with Crippen molar-refractivity contribution in [3.8, 4) is 0 Å². The average molecular weight is 384 g/mol. The summed E-state index contributed by atoms with van der Waals surface area (Å²) in [6.45, 7) is 2.97. The Hall–Kier alpha value is -0.620. The summed E-state index contributed by atoms with van der Waals surface area (Å²) in [5, 5.41) is 3.60. The fourth-order valence-corrected chi connectivity index (χ4v) is 4.06. The van der Waals surface area contributed by atoms with Crippen LogP contribution in [0.2, 0.25) is 0 Å². The highest BCUT2D eigenvalue weighted by Crippen LogP contribution is 2.26. The van der Waals surface area contributed by atoms with Crippen LogP contribution < -0.4 is 5.32 Å². The van der Waals surface area contributed by atoms with Crippen LogP contribution in [-0.2, 0) is 0 Å². The van der Waals surface area contributed by atoms with Gasteiger partial charge >= 0.3 is 0 Å². The molecule has 108 valence electrons. The van der Waals surface area contributed by atoms with Crippen molar-refractivity contribution in [2.75, 3.05) is 19.6 Å². The second kappa shape index (κ2) is 6.43. The molecule has 0 bridgehead atoms. The molecule has 2 heterocycles. The molecule has 0 saturated carbocycles. The molecule has 2 atom stereocenters. The molecule has 2 aliphatic heterocycles. The minimum Gasteiger partial charge on any atom is -0.338 e. The van der Waals surface area contributed by atoms with Gasteiger partial charge in [0.25, 0.3) is 5.91 Å². The number of carbonyl (C=O) groups excluding carboxylic acids is 1. The lowest BCUT2D eigenvalue weighted by Crippen LogP contribution is -2.46. The second-order valence-electron chi connectivity index (χ2n) is 5.84. The number of halogens is 1. The maximum Gasteiger partial charge on any atom is 0.254 e. The van der Waals surface area contributed by atoms with Crippen molar-refractivity contribution in [3.05, 3.63) is 33.4 Å². The molecule has 0 aliphatic carbocycles. The van der Waals surface area contributed by atoms with Crippen LogP contribution in [0, 0.1) is 9.49 Å². The molecule has 1 N–H and O–H groups in total. The fourth-order valence-electron chi connectivity index (χ4n) is 3.44. The zero-order valence-electron chi connectivity index (χ0n) is 11.6. The number of rotatable bonds is 2. The van der Waals surface area contributed by atoms with Gasteiger partial charge in [-0.2, -0.15) is 0 Å². The number of benzene rings is 1. The molecule has 20 heavy (non-hydrogen) atoms. The third-order valence-electron chi connectivity index (χ3n) is 4.52. The third kappa shape index (κ3) is 3.01. The lowest BCUT2D eigenvalue weighted by atomic mass is 9.89. The first-order chi connectivity index (χ1) is 9.75. The topological polar surface area (TPSA) is 32.3 Å². The number of nitrogens with one attached hydrogen (secondary N) is 1. The Labute approximate surface area is 134 Å². The largest absolute Gasteiger partial charge is 0.338 e. The summed E-state index contributed by atoms with van der Waals surface area (Å²) in [5.41, 5.74) is 0.855. The highest BCUT2D eigenvalue weighted by Gasteiger charge is 2.31. The molecule has 0 aromatic heterocycles. The van der Waals surface area contributed by atoms with E-state index in [0.717, 1.165) is 35.2 Å². The van der Waals surface area contributed by atoms with Gasteiger partial charge in [-0.05, 0) is 72.9 Å². The Morgan fingerprint density at radius 1 is 1.25 bits per heavy atom. The Balaban J connectivity index is 1.70. The highest BCUT2D eigenvalue weighted by molar-refractivity contribution is 14.1. The number of piperidine rings is 1. The first-order valence-electron chi connectivity index (χ1n) is 7.53. The summed E-state index contributed by atoms with van der Waals surface area (Å²) in [4.78, 5) is 14.7. The first-order valence-corrected chi connectivity index (χ1v) is 8.61. The zero-order valence-corrected chi connectivity index (χ0v) is 13.8. The third-order valence-corrected chi connectivity index (χ3v) is 5.46. The number of carbonyl (C=O) groups is 1. The summed E-state index contributed by atoms with van der Waals surface area (Å²) < 4.78 is 1.05. The van der Waals surface area contributed by atoms with Gasteiger partial charge in [-0.1, -0.05) is 12.1 Å². The quantitative estimate of drug-likeness (QED) is 0.796. The number of amides is 1. The maximum atomic E-state index is 12.7. The van der Waals surface area contributed by atoms with E-state index in [9.17, 15) is 4.79 Å². The molecule has 3 nitrogen and oxygen atoms in total. The Kier molecular flexibility index (Phi) is 4.61. The van der Waals surface area contributed by atoms with Crippen LogP contribution in [0.4, 0.5) is 0 Å². The average Bonchev–Trinajstić information content (AvgIpc) is 3.01. The fraction of sp³-hybridized carbons (Fsp3) is 0.562. The van der Waals surface area contributed by atoms with Crippen molar-refractivity contribution >= 4 is 28.5 Å². The number of hydrogen-bond donors (Lipinski definition) is 1. The number of hydrogen-bond acceptors (Lipinski definition) is 2.